The van der Waals surface area contributed by atoms with Crippen LogP contribution in [-0.4, -0.2) is 20.9 Å². The number of nitrogens with one attached hydrogen (secondary N) is 1. The van der Waals surface area contributed by atoms with E-state index in [1.807, 2.05) is 43.3 Å². The normalized spacial score (nSPS) is 10.5. The zero-order valence-electron chi connectivity index (χ0n) is 16.6. The molecular formula is C24H19N3O4. The lowest BCUT2D eigenvalue weighted by molar-refractivity contribution is 0.0697. The number of nitrogens with zero attached hydrogens (tertiary/aromatic N) is 2. The first-order chi connectivity index (χ1) is 15.0. The molecule has 0 atom stereocenters. The van der Waals surface area contributed by atoms with Crippen LogP contribution in [0.2, 0.25) is 0 Å². The maximum absolute atomic E-state index is 13.3. The number of aromatic nitrogens is 2. The fourth-order valence-corrected chi connectivity index (χ4v) is 3.06. The molecule has 7 nitrogen and oxygen atoms in total. The summed E-state index contributed by atoms with van der Waals surface area (Å²) >= 11 is 0. The van der Waals surface area contributed by atoms with Crippen molar-refractivity contribution in [1.29, 1.82) is 0 Å². The van der Waals surface area contributed by atoms with E-state index in [1.165, 1.54) is 23.0 Å². The van der Waals surface area contributed by atoms with Crippen molar-refractivity contribution in [1.82, 2.24) is 9.78 Å². The number of carboxylic acids is 1. The Morgan fingerprint density at radius 3 is 2.52 bits per heavy atom. The van der Waals surface area contributed by atoms with Crippen molar-refractivity contribution in [3.63, 3.8) is 0 Å². The van der Waals surface area contributed by atoms with Gasteiger partial charge in [0.15, 0.2) is 11.4 Å². The highest BCUT2D eigenvalue weighted by Gasteiger charge is 2.16. The van der Waals surface area contributed by atoms with Gasteiger partial charge >= 0.3 is 5.97 Å². The number of aromatic carboxylic acids is 1. The Morgan fingerprint density at radius 2 is 1.77 bits per heavy atom. The average Bonchev–Trinajstić information content (AvgIpc) is 2.77. The first kappa shape index (κ1) is 19.9. The first-order valence-corrected chi connectivity index (χ1v) is 9.54. The summed E-state index contributed by atoms with van der Waals surface area (Å²) in [5.41, 5.74) is 1.85. The smallest absolute Gasteiger partial charge is 0.335 e. The summed E-state index contributed by atoms with van der Waals surface area (Å²) in [6.45, 7) is 1.94. The maximum atomic E-state index is 13.3. The van der Waals surface area contributed by atoms with Crippen molar-refractivity contribution >= 4 is 17.3 Å². The minimum atomic E-state index is -1.06. The molecule has 0 amide bonds. The van der Waals surface area contributed by atoms with Crippen molar-refractivity contribution in [2.75, 3.05) is 5.32 Å². The van der Waals surface area contributed by atoms with Crippen LogP contribution in [-0.2, 0) is 0 Å². The highest BCUT2D eigenvalue weighted by Crippen LogP contribution is 2.29. The molecule has 0 saturated carbocycles. The van der Waals surface area contributed by atoms with E-state index in [4.69, 9.17) is 4.74 Å². The van der Waals surface area contributed by atoms with Gasteiger partial charge in [0.25, 0.3) is 5.56 Å². The molecule has 0 aliphatic carbocycles. The second-order valence-electron chi connectivity index (χ2n) is 6.87. The lowest BCUT2D eigenvalue weighted by Gasteiger charge is -2.15. The number of ether oxygens (including phenoxy) is 1. The fraction of sp³-hybridized carbons (Fsp3) is 0.0417. The Bertz CT molecular complexity index is 1300. The number of aryl methyl sites for hydroxylation is 1. The van der Waals surface area contributed by atoms with E-state index in [-0.39, 0.29) is 17.0 Å². The number of carbonyl (C=O) groups is 1. The molecule has 0 fully saturated rings. The van der Waals surface area contributed by atoms with Gasteiger partial charge in [-0.25, -0.2) is 4.79 Å². The third-order valence-electron chi connectivity index (χ3n) is 4.54. The summed E-state index contributed by atoms with van der Waals surface area (Å²) in [5, 5.41) is 16.5. The van der Waals surface area contributed by atoms with Crippen LogP contribution in [0.25, 0.3) is 5.69 Å². The monoisotopic (exact) mass is 413 g/mol. The van der Waals surface area contributed by atoms with Crippen LogP contribution in [0.1, 0.15) is 15.9 Å². The van der Waals surface area contributed by atoms with Crippen LogP contribution in [0.4, 0.5) is 11.4 Å². The molecule has 7 heteroatoms. The van der Waals surface area contributed by atoms with Crippen molar-refractivity contribution in [2.45, 2.75) is 6.92 Å². The highest BCUT2D eigenvalue weighted by atomic mass is 16.5. The lowest BCUT2D eigenvalue weighted by atomic mass is 10.2. The van der Waals surface area contributed by atoms with Gasteiger partial charge in [0.1, 0.15) is 5.75 Å². The van der Waals surface area contributed by atoms with Crippen LogP contribution in [0.3, 0.4) is 0 Å². The number of hydrogen-bond donors (Lipinski definition) is 2. The maximum Gasteiger partial charge on any atom is 0.335 e. The minimum Gasteiger partial charge on any atom is -0.478 e. The summed E-state index contributed by atoms with van der Waals surface area (Å²) in [5.74, 6) is -0.277. The van der Waals surface area contributed by atoms with Gasteiger partial charge in [0.2, 0.25) is 0 Å². The van der Waals surface area contributed by atoms with E-state index in [2.05, 4.69) is 10.4 Å². The topological polar surface area (TPSA) is 93.5 Å². The van der Waals surface area contributed by atoms with Crippen molar-refractivity contribution in [3.05, 3.63) is 107 Å². The molecule has 4 aromatic rings. The Hall–Kier alpha value is -4.39. The zero-order valence-corrected chi connectivity index (χ0v) is 16.6. The quantitative estimate of drug-likeness (QED) is 0.473. The summed E-state index contributed by atoms with van der Waals surface area (Å²) in [7, 11) is 0. The second-order valence-corrected chi connectivity index (χ2v) is 6.87. The number of benzene rings is 3. The van der Waals surface area contributed by atoms with Crippen molar-refractivity contribution in [3.8, 4) is 17.2 Å². The predicted molar refractivity (Wildman–Crippen MR) is 118 cm³/mol. The first-order valence-electron chi connectivity index (χ1n) is 9.54. The van der Waals surface area contributed by atoms with Gasteiger partial charge in [0, 0.05) is 5.69 Å². The van der Waals surface area contributed by atoms with Crippen molar-refractivity contribution in [2.24, 2.45) is 0 Å². The molecule has 0 aliphatic rings. The molecule has 0 bridgehead atoms. The molecule has 0 unspecified atom stereocenters. The van der Waals surface area contributed by atoms with Crippen LogP contribution in [0.15, 0.2) is 89.9 Å². The van der Waals surface area contributed by atoms with Gasteiger partial charge in [-0.3, -0.25) is 4.79 Å². The van der Waals surface area contributed by atoms with Gasteiger partial charge in [0.05, 0.1) is 17.4 Å². The molecule has 1 heterocycles. The molecule has 1 aromatic heterocycles. The molecule has 0 spiro atoms. The predicted octanol–water partition coefficient (Wildman–Crippen LogP) is 4.78. The van der Waals surface area contributed by atoms with E-state index in [0.29, 0.717) is 17.1 Å². The third kappa shape index (κ3) is 4.45. The van der Waals surface area contributed by atoms with Gasteiger partial charge < -0.3 is 15.2 Å². The van der Waals surface area contributed by atoms with Crippen LogP contribution in [0, 0.1) is 6.92 Å². The Labute approximate surface area is 178 Å². The second kappa shape index (κ2) is 8.54. The van der Waals surface area contributed by atoms with Crippen molar-refractivity contribution < 1.29 is 14.6 Å². The number of hydrogen-bond acceptors (Lipinski definition) is 5. The van der Waals surface area contributed by atoms with Crippen LogP contribution >= 0.6 is 0 Å². The van der Waals surface area contributed by atoms with Gasteiger partial charge in [-0.05, 0) is 55.0 Å². The molecule has 0 aliphatic heterocycles. The molecular weight excluding hydrogens is 394 g/mol. The summed E-state index contributed by atoms with van der Waals surface area (Å²) < 4.78 is 7.21. The number of carboxylic acid groups (broad SMARTS) is 1. The summed E-state index contributed by atoms with van der Waals surface area (Å²) in [6, 6.07) is 22.6. The number of rotatable bonds is 6. The highest BCUT2D eigenvalue weighted by molar-refractivity contribution is 5.89. The largest absolute Gasteiger partial charge is 0.478 e. The molecule has 3 aromatic carbocycles. The SMILES string of the molecule is Cc1cccc(Oc2cnn(-c3ccccc3)c(=O)c2Nc2cccc(C(=O)O)c2)c1. The fourth-order valence-electron chi connectivity index (χ4n) is 3.06. The zero-order chi connectivity index (χ0) is 21.8. The van der Waals surface area contributed by atoms with Gasteiger partial charge in [-0.2, -0.15) is 9.78 Å². The van der Waals surface area contributed by atoms with E-state index in [1.54, 1.807) is 30.3 Å². The minimum absolute atomic E-state index is 0.101. The number of para-hydroxylation sites is 1. The van der Waals surface area contributed by atoms with Crippen LogP contribution in [0.5, 0.6) is 11.5 Å². The molecule has 154 valence electrons. The summed E-state index contributed by atoms with van der Waals surface area (Å²) in [4.78, 5) is 24.6. The molecule has 31 heavy (non-hydrogen) atoms. The standard InChI is InChI=1S/C24H19N3O4/c1-16-7-5-12-20(13-16)31-21-15-25-27(19-10-3-2-4-11-19)23(28)22(21)26-18-9-6-8-17(14-18)24(29)30/h2-15,26H,1H3,(H,29,30). The molecule has 4 rings (SSSR count). The average molecular weight is 413 g/mol. The van der Waals surface area contributed by atoms with E-state index in [0.717, 1.165) is 5.56 Å². The Morgan fingerprint density at radius 1 is 1.00 bits per heavy atom. The Kier molecular flexibility index (Phi) is 5.49. The van der Waals surface area contributed by atoms with E-state index in [9.17, 15) is 14.7 Å². The lowest BCUT2D eigenvalue weighted by Crippen LogP contribution is -2.24. The molecule has 0 saturated heterocycles. The molecule has 2 N–H and O–H groups in total. The van der Waals surface area contributed by atoms with Crippen LogP contribution < -0.4 is 15.6 Å². The van der Waals surface area contributed by atoms with Gasteiger partial charge in [-0.15, -0.1) is 0 Å². The van der Waals surface area contributed by atoms with E-state index < -0.39 is 11.5 Å². The number of anilines is 2. The Balaban J connectivity index is 1.81. The molecule has 0 radical (unpaired) electrons. The van der Waals surface area contributed by atoms with E-state index >= 15 is 0 Å². The third-order valence-corrected chi connectivity index (χ3v) is 4.54. The summed E-state index contributed by atoms with van der Waals surface area (Å²) in [6.07, 6.45) is 1.46. The van der Waals surface area contributed by atoms with Gasteiger partial charge in [-0.1, -0.05) is 36.4 Å².